The first kappa shape index (κ1) is 51.6. The molecular formula is C36H70N10O8. The van der Waals surface area contributed by atoms with E-state index in [2.05, 4.69) is 52.3 Å². The molecule has 0 aliphatic carbocycles. The summed E-state index contributed by atoms with van der Waals surface area (Å²) in [6.07, 6.45) is 0.890. The lowest BCUT2D eigenvalue weighted by Gasteiger charge is -2.27. The number of nitrogens with zero attached hydrogens (tertiary/aromatic N) is 1. The van der Waals surface area contributed by atoms with Crippen LogP contribution in [0.3, 0.4) is 0 Å². The molecule has 0 radical (unpaired) electrons. The number of aliphatic hydroxyl groups is 1. The van der Waals surface area contributed by atoms with Crippen molar-refractivity contribution in [2.24, 2.45) is 57.5 Å². The zero-order valence-electron chi connectivity index (χ0n) is 34.0. The number of carbonyl (C=O) groups is 7. The Labute approximate surface area is 320 Å². The van der Waals surface area contributed by atoms with Gasteiger partial charge in [0.25, 0.3) is 0 Å². The molecule has 6 unspecified atom stereocenters. The zero-order valence-corrected chi connectivity index (χ0v) is 34.0. The minimum Gasteiger partial charge on any atom is -0.390 e. The van der Waals surface area contributed by atoms with Gasteiger partial charge in [0.15, 0.2) is 5.96 Å². The standard InChI is InChI=1S/C28H54N8O6.C6H10N2O2.C2H6/c1-15(2)11-16(3)12-18(5)25(40)34-19(6)26(41)35-20(9-8-10-33-28(30)31)21(37)14-23(39)36-24(27(42)32-7)17(4)13-22(29)38;1-3-2-4(5(7)9)8-6(3)10;1-2/h15-21,24,37H,8-14H2,1-7H3,(H2,29,38)(H,32,42)(H,34,40)(H,35,41)(H,36,39)(H4,30,31,33);3-4H,2H2,1H3,(H2,7,9)(H,8,10);1-2H3/t16?,17?,18?,19?,20-,21?,24-;3-,4?;/m01./s1. The second kappa shape index (κ2) is 27.2. The summed E-state index contributed by atoms with van der Waals surface area (Å²) in [6.45, 7) is 17.3. The van der Waals surface area contributed by atoms with E-state index in [9.17, 15) is 38.7 Å². The van der Waals surface area contributed by atoms with Gasteiger partial charge < -0.3 is 54.6 Å². The topological polar surface area (TPSA) is 316 Å². The molecule has 1 rings (SSSR count). The summed E-state index contributed by atoms with van der Waals surface area (Å²) in [5.74, 6) is -3.31. The summed E-state index contributed by atoms with van der Waals surface area (Å²) >= 11 is 0. The van der Waals surface area contributed by atoms with E-state index in [1.165, 1.54) is 7.05 Å². The van der Waals surface area contributed by atoms with Crippen LogP contribution in [0.15, 0.2) is 4.99 Å². The average molecular weight is 771 g/mol. The molecule has 0 saturated carbocycles. The fraction of sp³-hybridized carbons (Fsp3) is 0.778. The molecule has 1 heterocycles. The minimum absolute atomic E-state index is 0.0718. The maximum Gasteiger partial charge on any atom is 0.242 e. The van der Waals surface area contributed by atoms with Crippen molar-refractivity contribution in [2.45, 2.75) is 138 Å². The summed E-state index contributed by atoms with van der Waals surface area (Å²) in [5, 5.41) is 23.8. The molecule has 0 aromatic rings. The van der Waals surface area contributed by atoms with Gasteiger partial charge >= 0.3 is 0 Å². The van der Waals surface area contributed by atoms with Crippen LogP contribution in [0.5, 0.6) is 0 Å². The van der Waals surface area contributed by atoms with Crippen molar-refractivity contribution < 1.29 is 38.7 Å². The third kappa shape index (κ3) is 21.9. The number of aliphatic hydroxyl groups excluding tert-OH is 1. The first-order valence-corrected chi connectivity index (χ1v) is 18.8. The van der Waals surface area contributed by atoms with Gasteiger partial charge in [-0.15, -0.1) is 0 Å². The smallest absolute Gasteiger partial charge is 0.242 e. The highest BCUT2D eigenvalue weighted by molar-refractivity contribution is 5.91. The van der Waals surface area contributed by atoms with E-state index in [0.29, 0.717) is 31.1 Å². The quantitative estimate of drug-likeness (QED) is 0.0396. The van der Waals surface area contributed by atoms with Crippen LogP contribution in [0.25, 0.3) is 0 Å². The number of carbonyl (C=O) groups excluding carboxylic acids is 7. The number of amides is 7. The highest BCUT2D eigenvalue weighted by Gasteiger charge is 2.32. The highest BCUT2D eigenvalue weighted by atomic mass is 16.3. The zero-order chi connectivity index (χ0) is 42.3. The molecular weight excluding hydrogens is 700 g/mol. The van der Waals surface area contributed by atoms with Gasteiger partial charge in [0.1, 0.15) is 18.1 Å². The maximum absolute atomic E-state index is 13.0. The van der Waals surface area contributed by atoms with Crippen molar-refractivity contribution >= 4 is 47.3 Å². The van der Waals surface area contributed by atoms with Crippen molar-refractivity contribution in [3.05, 3.63) is 0 Å². The van der Waals surface area contributed by atoms with Gasteiger partial charge in [-0.25, -0.2) is 0 Å². The van der Waals surface area contributed by atoms with E-state index < -0.39 is 72.1 Å². The molecule has 0 bridgehead atoms. The van der Waals surface area contributed by atoms with Crippen LogP contribution in [0.4, 0.5) is 0 Å². The Morgan fingerprint density at radius 2 is 1.46 bits per heavy atom. The van der Waals surface area contributed by atoms with Crippen LogP contribution in [0, 0.1) is 29.6 Å². The first-order chi connectivity index (χ1) is 25.1. The first-order valence-electron chi connectivity index (χ1n) is 18.8. The lowest BCUT2D eigenvalue weighted by molar-refractivity contribution is -0.133. The molecule has 54 heavy (non-hydrogen) atoms. The highest BCUT2D eigenvalue weighted by Crippen LogP contribution is 2.20. The number of hydrogen-bond acceptors (Lipinski definition) is 9. The van der Waals surface area contributed by atoms with Crippen LogP contribution in [-0.2, 0) is 33.6 Å². The number of guanidine groups is 1. The molecule has 0 aromatic heterocycles. The van der Waals surface area contributed by atoms with Crippen molar-refractivity contribution in [1.29, 1.82) is 0 Å². The molecule has 1 saturated heterocycles. The summed E-state index contributed by atoms with van der Waals surface area (Å²) in [4.78, 5) is 87.4. The summed E-state index contributed by atoms with van der Waals surface area (Å²) in [5.41, 5.74) is 21.0. The van der Waals surface area contributed by atoms with Gasteiger partial charge in [-0.1, -0.05) is 55.4 Å². The second-order valence-corrected chi connectivity index (χ2v) is 14.3. The maximum atomic E-state index is 13.0. The molecule has 9 atom stereocenters. The van der Waals surface area contributed by atoms with Gasteiger partial charge in [0, 0.05) is 31.8 Å². The SMILES string of the molecule is CC.CNC(=O)[C@@H](NC(=O)CC(O)[C@H](CCCN=C(N)N)NC(=O)C(C)NC(=O)C(C)CC(C)CC(C)C)C(C)CC(N)=O.C[C@@H]1CC(C(N)=O)NC1=O. The van der Waals surface area contributed by atoms with E-state index in [0.717, 1.165) is 6.42 Å². The Bertz CT molecular complexity index is 1240. The van der Waals surface area contributed by atoms with E-state index in [-0.39, 0.29) is 49.0 Å². The Morgan fingerprint density at radius 1 is 0.870 bits per heavy atom. The fourth-order valence-electron chi connectivity index (χ4n) is 5.86. The number of rotatable bonds is 21. The van der Waals surface area contributed by atoms with Crippen molar-refractivity contribution in [3.63, 3.8) is 0 Å². The van der Waals surface area contributed by atoms with Crippen LogP contribution in [0.2, 0.25) is 0 Å². The predicted octanol–water partition coefficient (Wildman–Crippen LogP) is -0.746. The van der Waals surface area contributed by atoms with E-state index in [4.69, 9.17) is 22.9 Å². The largest absolute Gasteiger partial charge is 0.390 e. The van der Waals surface area contributed by atoms with E-state index in [1.807, 2.05) is 20.8 Å². The predicted molar refractivity (Wildman–Crippen MR) is 208 cm³/mol. The number of hydrogen-bond donors (Lipinski definition) is 10. The van der Waals surface area contributed by atoms with Crippen molar-refractivity contribution in [3.8, 4) is 0 Å². The third-order valence-corrected chi connectivity index (χ3v) is 8.62. The van der Waals surface area contributed by atoms with Crippen molar-refractivity contribution in [1.82, 2.24) is 26.6 Å². The van der Waals surface area contributed by atoms with Crippen molar-refractivity contribution in [2.75, 3.05) is 13.6 Å². The number of aliphatic imine (C=N–C) groups is 1. The number of nitrogens with one attached hydrogen (secondary N) is 5. The van der Waals surface area contributed by atoms with Crippen LogP contribution < -0.4 is 49.5 Å². The van der Waals surface area contributed by atoms with Gasteiger partial charge in [-0.3, -0.25) is 38.6 Å². The Morgan fingerprint density at radius 3 is 1.91 bits per heavy atom. The number of likely N-dealkylation sites (N-methyl/N-ethyl adjacent to an activating group) is 1. The molecule has 1 aliphatic heterocycles. The lowest BCUT2D eigenvalue weighted by atomic mass is 9.90. The third-order valence-electron chi connectivity index (χ3n) is 8.62. The summed E-state index contributed by atoms with van der Waals surface area (Å²) in [6, 6.07) is -3.28. The Kier molecular flexibility index (Phi) is 26.0. The summed E-state index contributed by atoms with van der Waals surface area (Å²) in [7, 11) is 1.39. The van der Waals surface area contributed by atoms with Gasteiger partial charge in [0.2, 0.25) is 41.4 Å². The number of primary amides is 2. The lowest BCUT2D eigenvalue weighted by Crippen LogP contribution is -2.54. The normalized spacial score (nSPS) is 18.6. The molecule has 1 aliphatic rings. The monoisotopic (exact) mass is 771 g/mol. The number of nitrogens with two attached hydrogens (primary N) is 4. The van der Waals surface area contributed by atoms with Gasteiger partial charge in [-0.2, -0.15) is 0 Å². The molecule has 0 spiro atoms. The Hall–Kier alpha value is -4.48. The molecule has 1 fully saturated rings. The van der Waals surface area contributed by atoms with Crippen LogP contribution in [0.1, 0.15) is 107 Å². The van der Waals surface area contributed by atoms with E-state index >= 15 is 0 Å². The molecule has 0 aromatic carbocycles. The molecule has 18 heteroatoms. The molecule has 312 valence electrons. The minimum atomic E-state index is -1.34. The second-order valence-electron chi connectivity index (χ2n) is 14.3. The molecule has 18 nitrogen and oxygen atoms in total. The molecule has 14 N–H and O–H groups in total. The van der Waals surface area contributed by atoms with Crippen LogP contribution in [-0.4, -0.2) is 96.3 Å². The van der Waals surface area contributed by atoms with Crippen LogP contribution >= 0.6 is 0 Å². The van der Waals surface area contributed by atoms with Gasteiger partial charge in [-0.05, 0) is 56.8 Å². The summed E-state index contributed by atoms with van der Waals surface area (Å²) < 4.78 is 0. The van der Waals surface area contributed by atoms with E-state index in [1.54, 1.807) is 20.8 Å². The van der Waals surface area contributed by atoms with Gasteiger partial charge in [0.05, 0.1) is 18.6 Å². The molecule has 7 amide bonds. The Balaban J connectivity index is 0. The average Bonchev–Trinajstić information content (AvgIpc) is 3.42. The fourth-order valence-corrected chi connectivity index (χ4v) is 5.86.